The normalized spacial score (nSPS) is 10.1. The van der Waals surface area contributed by atoms with Gasteiger partial charge in [0.15, 0.2) is 0 Å². The van der Waals surface area contributed by atoms with Gasteiger partial charge in [0.05, 0.1) is 12.7 Å². The number of aryl methyl sites for hydroxylation is 1. The van der Waals surface area contributed by atoms with Crippen molar-refractivity contribution in [1.82, 2.24) is 10.3 Å². The van der Waals surface area contributed by atoms with Crippen LogP contribution in [0.3, 0.4) is 0 Å². The summed E-state index contributed by atoms with van der Waals surface area (Å²) < 4.78 is 5.30. The number of rotatable bonds is 6. The Hall–Kier alpha value is -2.36. The van der Waals surface area contributed by atoms with Crippen LogP contribution in [0.2, 0.25) is 0 Å². The van der Waals surface area contributed by atoms with Gasteiger partial charge in [0.1, 0.15) is 5.75 Å². The molecule has 0 spiro atoms. The first kappa shape index (κ1) is 14.1. The molecule has 1 aromatic carbocycles. The second-order valence-electron chi connectivity index (χ2n) is 4.41. The lowest BCUT2D eigenvalue weighted by molar-refractivity contribution is 0.0953. The molecule has 4 heteroatoms. The highest BCUT2D eigenvalue weighted by Crippen LogP contribution is 2.18. The number of ether oxygens (including phenoxy) is 1. The molecule has 1 amide bonds. The number of hydrogen-bond acceptors (Lipinski definition) is 3. The lowest BCUT2D eigenvalue weighted by Gasteiger charge is -2.08. The molecule has 0 radical (unpaired) electrons. The number of pyridine rings is 1. The Morgan fingerprint density at radius 3 is 2.85 bits per heavy atom. The van der Waals surface area contributed by atoms with Crippen molar-refractivity contribution in [3.8, 4) is 5.75 Å². The van der Waals surface area contributed by atoms with Crippen molar-refractivity contribution in [3.63, 3.8) is 0 Å². The second-order valence-corrected chi connectivity index (χ2v) is 4.41. The average Bonchev–Trinajstić information content (AvgIpc) is 2.52. The van der Waals surface area contributed by atoms with E-state index < -0.39 is 0 Å². The number of aromatic nitrogens is 1. The van der Waals surface area contributed by atoms with Gasteiger partial charge in [0, 0.05) is 18.9 Å². The molecular weight excluding hydrogens is 252 g/mol. The lowest BCUT2D eigenvalue weighted by atomic mass is 10.1. The molecule has 104 valence electrons. The molecule has 0 aliphatic carbocycles. The standard InChI is InChI=1S/C16H18N2O2/c1-20-15-9-3-2-6-13(15)7-5-11-18-16(19)14-8-4-10-17-12-14/h2-4,6,8-10,12H,5,7,11H2,1H3,(H,18,19). The third-order valence-electron chi connectivity index (χ3n) is 3.02. The molecule has 20 heavy (non-hydrogen) atoms. The summed E-state index contributed by atoms with van der Waals surface area (Å²) in [7, 11) is 1.67. The van der Waals surface area contributed by atoms with Crippen LogP contribution in [0.1, 0.15) is 22.3 Å². The number of carbonyl (C=O) groups excluding carboxylic acids is 1. The summed E-state index contributed by atoms with van der Waals surface area (Å²) in [6, 6.07) is 11.4. The molecule has 0 saturated heterocycles. The van der Waals surface area contributed by atoms with Crippen LogP contribution >= 0.6 is 0 Å². The van der Waals surface area contributed by atoms with E-state index in [-0.39, 0.29) is 5.91 Å². The Balaban J connectivity index is 1.78. The van der Waals surface area contributed by atoms with Gasteiger partial charge in [0.2, 0.25) is 0 Å². The van der Waals surface area contributed by atoms with Crippen molar-refractivity contribution < 1.29 is 9.53 Å². The van der Waals surface area contributed by atoms with Crippen LogP contribution in [-0.2, 0) is 6.42 Å². The summed E-state index contributed by atoms with van der Waals surface area (Å²) in [6.45, 7) is 0.631. The second kappa shape index (κ2) is 7.28. The molecule has 1 heterocycles. The zero-order valence-corrected chi connectivity index (χ0v) is 11.5. The van der Waals surface area contributed by atoms with Gasteiger partial charge in [-0.05, 0) is 36.6 Å². The van der Waals surface area contributed by atoms with Crippen LogP contribution in [0, 0.1) is 0 Å². The summed E-state index contributed by atoms with van der Waals surface area (Å²) in [5.41, 5.74) is 1.75. The Morgan fingerprint density at radius 1 is 1.25 bits per heavy atom. The Bertz CT molecular complexity index is 555. The zero-order valence-electron chi connectivity index (χ0n) is 11.5. The summed E-state index contributed by atoms with van der Waals surface area (Å²) in [5, 5.41) is 2.89. The number of amides is 1. The Morgan fingerprint density at radius 2 is 2.10 bits per heavy atom. The smallest absolute Gasteiger partial charge is 0.252 e. The van der Waals surface area contributed by atoms with Crippen molar-refractivity contribution >= 4 is 5.91 Å². The maximum absolute atomic E-state index is 11.8. The van der Waals surface area contributed by atoms with E-state index in [2.05, 4.69) is 10.3 Å². The van der Waals surface area contributed by atoms with Crippen molar-refractivity contribution in [3.05, 3.63) is 59.9 Å². The highest BCUT2D eigenvalue weighted by molar-refractivity contribution is 5.93. The number of hydrogen-bond donors (Lipinski definition) is 1. The van der Waals surface area contributed by atoms with Crippen LogP contribution in [0.25, 0.3) is 0 Å². The fraction of sp³-hybridized carbons (Fsp3) is 0.250. The molecular formula is C16H18N2O2. The van der Waals surface area contributed by atoms with E-state index in [0.717, 1.165) is 24.2 Å². The predicted molar refractivity (Wildman–Crippen MR) is 77.9 cm³/mol. The number of methoxy groups -OCH3 is 1. The topological polar surface area (TPSA) is 51.2 Å². The van der Waals surface area contributed by atoms with Crippen LogP contribution in [-0.4, -0.2) is 24.5 Å². The minimum absolute atomic E-state index is 0.0851. The number of para-hydroxylation sites is 1. The highest BCUT2D eigenvalue weighted by atomic mass is 16.5. The van der Waals surface area contributed by atoms with Crippen molar-refractivity contribution in [1.29, 1.82) is 0 Å². The first-order chi connectivity index (χ1) is 9.81. The van der Waals surface area contributed by atoms with Gasteiger partial charge in [-0.25, -0.2) is 0 Å². The third kappa shape index (κ3) is 3.82. The predicted octanol–water partition coefficient (Wildman–Crippen LogP) is 2.45. The molecule has 0 aliphatic rings. The van der Waals surface area contributed by atoms with Gasteiger partial charge in [-0.15, -0.1) is 0 Å². The van der Waals surface area contributed by atoms with E-state index in [9.17, 15) is 4.79 Å². The summed E-state index contributed by atoms with van der Waals surface area (Å²) in [4.78, 5) is 15.7. The molecule has 4 nitrogen and oxygen atoms in total. The van der Waals surface area contributed by atoms with Crippen molar-refractivity contribution in [2.24, 2.45) is 0 Å². The molecule has 0 atom stereocenters. The SMILES string of the molecule is COc1ccccc1CCCNC(=O)c1cccnc1. The molecule has 1 N–H and O–H groups in total. The van der Waals surface area contributed by atoms with E-state index in [1.165, 1.54) is 0 Å². The number of carbonyl (C=O) groups is 1. The first-order valence-corrected chi connectivity index (χ1v) is 6.61. The first-order valence-electron chi connectivity index (χ1n) is 6.61. The zero-order chi connectivity index (χ0) is 14.2. The van der Waals surface area contributed by atoms with Gasteiger partial charge >= 0.3 is 0 Å². The molecule has 0 fully saturated rings. The molecule has 0 bridgehead atoms. The van der Waals surface area contributed by atoms with Gasteiger partial charge in [-0.3, -0.25) is 9.78 Å². The maximum Gasteiger partial charge on any atom is 0.252 e. The van der Waals surface area contributed by atoms with Gasteiger partial charge in [-0.2, -0.15) is 0 Å². The average molecular weight is 270 g/mol. The van der Waals surface area contributed by atoms with Crippen LogP contribution < -0.4 is 10.1 Å². The van der Waals surface area contributed by atoms with E-state index in [1.54, 1.807) is 31.6 Å². The van der Waals surface area contributed by atoms with Crippen LogP contribution in [0.15, 0.2) is 48.8 Å². The van der Waals surface area contributed by atoms with Gasteiger partial charge in [0.25, 0.3) is 5.91 Å². The summed E-state index contributed by atoms with van der Waals surface area (Å²) in [5.74, 6) is 0.809. The molecule has 1 aromatic heterocycles. The van der Waals surface area contributed by atoms with Crippen molar-refractivity contribution in [2.45, 2.75) is 12.8 Å². The fourth-order valence-corrected chi connectivity index (χ4v) is 1.99. The fourth-order valence-electron chi connectivity index (χ4n) is 1.99. The Kier molecular flexibility index (Phi) is 5.12. The number of nitrogens with one attached hydrogen (secondary N) is 1. The largest absolute Gasteiger partial charge is 0.496 e. The highest BCUT2D eigenvalue weighted by Gasteiger charge is 2.05. The van der Waals surface area contributed by atoms with Crippen LogP contribution in [0.4, 0.5) is 0 Å². The van der Waals surface area contributed by atoms with E-state index in [4.69, 9.17) is 4.74 Å². The van der Waals surface area contributed by atoms with E-state index in [0.29, 0.717) is 12.1 Å². The maximum atomic E-state index is 11.8. The molecule has 0 saturated carbocycles. The monoisotopic (exact) mass is 270 g/mol. The summed E-state index contributed by atoms with van der Waals surface area (Å²) >= 11 is 0. The Labute approximate surface area is 118 Å². The molecule has 0 unspecified atom stereocenters. The van der Waals surface area contributed by atoms with E-state index in [1.807, 2.05) is 24.3 Å². The minimum Gasteiger partial charge on any atom is -0.496 e. The molecule has 2 aromatic rings. The third-order valence-corrected chi connectivity index (χ3v) is 3.02. The number of benzene rings is 1. The van der Waals surface area contributed by atoms with Gasteiger partial charge < -0.3 is 10.1 Å². The molecule has 0 aliphatic heterocycles. The van der Waals surface area contributed by atoms with Crippen LogP contribution in [0.5, 0.6) is 5.75 Å². The lowest BCUT2D eigenvalue weighted by Crippen LogP contribution is -2.24. The quantitative estimate of drug-likeness (QED) is 0.820. The van der Waals surface area contributed by atoms with E-state index >= 15 is 0 Å². The van der Waals surface area contributed by atoms with Gasteiger partial charge in [-0.1, -0.05) is 18.2 Å². The minimum atomic E-state index is -0.0851. The number of nitrogens with zero attached hydrogens (tertiary/aromatic N) is 1. The summed E-state index contributed by atoms with van der Waals surface area (Å²) in [6.07, 6.45) is 4.96. The molecule has 2 rings (SSSR count). The van der Waals surface area contributed by atoms with Crippen molar-refractivity contribution in [2.75, 3.05) is 13.7 Å².